The molecule has 1 aromatic carbocycles. The SMILES string of the molecule is CCN(CC)S(=O)(=O)c1ccc(C(=O)NCCCc2cnc3ncnn3c2)cc1. The van der Waals surface area contributed by atoms with Gasteiger partial charge in [-0.05, 0) is 42.7 Å². The molecule has 0 spiro atoms. The first-order chi connectivity index (χ1) is 14.0. The van der Waals surface area contributed by atoms with Crippen LogP contribution in [-0.2, 0) is 16.4 Å². The molecule has 0 aliphatic heterocycles. The molecule has 0 saturated heterocycles. The summed E-state index contributed by atoms with van der Waals surface area (Å²) < 4.78 is 28.0. The standard InChI is InChI=1S/C19H24N6O3S/c1-3-24(4-2)29(27,28)17-9-7-16(8-10-17)18(26)20-11-5-6-15-12-21-19-22-14-23-25(19)13-15/h7-10,12-14H,3-6,11H2,1-2H3,(H,20,26). The lowest BCUT2D eigenvalue weighted by Gasteiger charge is -2.18. The van der Waals surface area contributed by atoms with Gasteiger partial charge in [0, 0.05) is 37.6 Å². The Balaban J connectivity index is 1.52. The minimum atomic E-state index is -3.52. The fourth-order valence-corrected chi connectivity index (χ4v) is 4.43. The van der Waals surface area contributed by atoms with Gasteiger partial charge in [0.1, 0.15) is 6.33 Å². The average Bonchev–Trinajstić information content (AvgIpc) is 3.19. The summed E-state index contributed by atoms with van der Waals surface area (Å²) in [5, 5.41) is 6.90. The highest BCUT2D eigenvalue weighted by molar-refractivity contribution is 7.89. The molecule has 0 atom stereocenters. The van der Waals surface area contributed by atoms with Crippen LogP contribution < -0.4 is 5.32 Å². The van der Waals surface area contributed by atoms with Crippen LogP contribution in [0.4, 0.5) is 0 Å². The van der Waals surface area contributed by atoms with Crippen LogP contribution in [0.25, 0.3) is 5.78 Å². The van der Waals surface area contributed by atoms with E-state index < -0.39 is 10.0 Å². The molecule has 1 N–H and O–H groups in total. The van der Waals surface area contributed by atoms with Crippen LogP contribution in [0.3, 0.4) is 0 Å². The molecule has 0 bridgehead atoms. The van der Waals surface area contributed by atoms with E-state index in [1.54, 1.807) is 24.6 Å². The van der Waals surface area contributed by atoms with Gasteiger partial charge in [0.05, 0.1) is 4.90 Å². The number of carbonyl (C=O) groups is 1. The molecule has 0 fully saturated rings. The second-order valence-corrected chi connectivity index (χ2v) is 8.38. The van der Waals surface area contributed by atoms with Gasteiger partial charge in [0.2, 0.25) is 10.0 Å². The van der Waals surface area contributed by atoms with Crippen molar-refractivity contribution in [3.05, 3.63) is 54.1 Å². The lowest BCUT2D eigenvalue weighted by atomic mass is 10.2. The molecule has 0 radical (unpaired) electrons. The maximum absolute atomic E-state index is 12.5. The van der Waals surface area contributed by atoms with E-state index in [4.69, 9.17) is 0 Å². The predicted octanol–water partition coefficient (Wildman–Crippen LogP) is 1.52. The van der Waals surface area contributed by atoms with Gasteiger partial charge in [-0.15, -0.1) is 0 Å². The molecule has 2 aromatic heterocycles. The van der Waals surface area contributed by atoms with Gasteiger partial charge in [0.15, 0.2) is 0 Å². The zero-order valence-corrected chi connectivity index (χ0v) is 17.3. The first-order valence-electron chi connectivity index (χ1n) is 9.48. The molecule has 9 nitrogen and oxygen atoms in total. The van der Waals surface area contributed by atoms with Crippen LogP contribution in [-0.4, -0.2) is 57.8 Å². The van der Waals surface area contributed by atoms with E-state index in [-0.39, 0.29) is 10.8 Å². The number of carbonyl (C=O) groups excluding carboxylic acids is 1. The van der Waals surface area contributed by atoms with E-state index in [1.165, 1.54) is 34.9 Å². The van der Waals surface area contributed by atoms with Crippen LogP contribution in [0.1, 0.15) is 36.2 Å². The summed E-state index contributed by atoms with van der Waals surface area (Å²) in [5.41, 5.74) is 1.43. The third kappa shape index (κ3) is 4.77. The average molecular weight is 417 g/mol. The highest BCUT2D eigenvalue weighted by atomic mass is 32.2. The van der Waals surface area contributed by atoms with E-state index >= 15 is 0 Å². The molecule has 3 rings (SSSR count). The molecule has 0 aliphatic rings. The van der Waals surface area contributed by atoms with Gasteiger partial charge in [-0.25, -0.2) is 17.9 Å². The van der Waals surface area contributed by atoms with Crippen molar-refractivity contribution in [3.63, 3.8) is 0 Å². The molecule has 10 heteroatoms. The third-order valence-corrected chi connectivity index (χ3v) is 6.64. The van der Waals surface area contributed by atoms with Crippen LogP contribution in [0.15, 0.2) is 47.9 Å². The summed E-state index contributed by atoms with van der Waals surface area (Å²) in [7, 11) is -3.52. The highest BCUT2D eigenvalue weighted by Crippen LogP contribution is 2.16. The Kier molecular flexibility index (Phi) is 6.55. The fraction of sp³-hybridized carbons (Fsp3) is 0.368. The lowest BCUT2D eigenvalue weighted by molar-refractivity contribution is 0.0953. The molecule has 1 amide bonds. The zero-order valence-electron chi connectivity index (χ0n) is 16.4. The van der Waals surface area contributed by atoms with Crippen molar-refractivity contribution in [3.8, 4) is 0 Å². The van der Waals surface area contributed by atoms with Gasteiger partial charge >= 0.3 is 0 Å². The molecule has 154 valence electrons. The molecular formula is C19H24N6O3S. The van der Waals surface area contributed by atoms with Crippen molar-refractivity contribution in [1.82, 2.24) is 29.2 Å². The quantitative estimate of drug-likeness (QED) is 0.530. The molecule has 0 saturated carbocycles. The topological polar surface area (TPSA) is 110 Å². The number of benzene rings is 1. The number of aromatic nitrogens is 4. The van der Waals surface area contributed by atoms with Gasteiger partial charge in [-0.2, -0.15) is 14.4 Å². The molecule has 2 heterocycles. The normalized spacial score (nSPS) is 11.8. The Morgan fingerprint density at radius 2 is 1.86 bits per heavy atom. The van der Waals surface area contributed by atoms with Crippen molar-refractivity contribution in [1.29, 1.82) is 0 Å². The van der Waals surface area contributed by atoms with Crippen molar-refractivity contribution in [2.24, 2.45) is 0 Å². The first-order valence-corrected chi connectivity index (χ1v) is 10.9. The van der Waals surface area contributed by atoms with Crippen LogP contribution in [0.2, 0.25) is 0 Å². The number of sulfonamides is 1. The summed E-state index contributed by atoms with van der Waals surface area (Å²) in [6, 6.07) is 6.02. The molecular weight excluding hydrogens is 392 g/mol. The minimum Gasteiger partial charge on any atom is -0.352 e. The van der Waals surface area contributed by atoms with E-state index in [1.807, 2.05) is 6.20 Å². The van der Waals surface area contributed by atoms with Crippen molar-refractivity contribution < 1.29 is 13.2 Å². The first kappa shape index (κ1) is 20.9. The number of hydrogen-bond acceptors (Lipinski definition) is 6. The Labute approximate surface area is 169 Å². The lowest BCUT2D eigenvalue weighted by Crippen LogP contribution is -2.30. The second-order valence-electron chi connectivity index (χ2n) is 6.44. The minimum absolute atomic E-state index is 0.189. The Morgan fingerprint density at radius 1 is 1.14 bits per heavy atom. The maximum atomic E-state index is 12.5. The van der Waals surface area contributed by atoms with Crippen LogP contribution in [0, 0.1) is 0 Å². The molecule has 0 aliphatic carbocycles. The second kappa shape index (κ2) is 9.10. The number of nitrogens with one attached hydrogen (secondary N) is 1. The Hall–Kier alpha value is -2.85. The number of hydrogen-bond donors (Lipinski definition) is 1. The van der Waals surface area contributed by atoms with Crippen LogP contribution >= 0.6 is 0 Å². The molecule has 29 heavy (non-hydrogen) atoms. The van der Waals surface area contributed by atoms with E-state index in [0.717, 1.165) is 18.4 Å². The largest absolute Gasteiger partial charge is 0.352 e. The Morgan fingerprint density at radius 3 is 2.55 bits per heavy atom. The van der Waals surface area contributed by atoms with Gasteiger partial charge in [-0.1, -0.05) is 13.8 Å². The number of nitrogens with zero attached hydrogens (tertiary/aromatic N) is 5. The van der Waals surface area contributed by atoms with E-state index in [2.05, 4.69) is 20.4 Å². The number of amides is 1. The van der Waals surface area contributed by atoms with Crippen molar-refractivity contribution >= 4 is 21.7 Å². The van der Waals surface area contributed by atoms with E-state index in [0.29, 0.717) is 31.0 Å². The van der Waals surface area contributed by atoms with Gasteiger partial charge < -0.3 is 5.32 Å². The molecule has 0 unspecified atom stereocenters. The summed E-state index contributed by atoms with van der Waals surface area (Å²) in [6.45, 7) is 4.89. The van der Waals surface area contributed by atoms with Gasteiger partial charge in [-0.3, -0.25) is 4.79 Å². The summed E-state index contributed by atoms with van der Waals surface area (Å²) >= 11 is 0. The fourth-order valence-electron chi connectivity index (χ4n) is 2.97. The smallest absolute Gasteiger partial charge is 0.252 e. The number of aryl methyl sites for hydroxylation is 1. The summed E-state index contributed by atoms with van der Waals surface area (Å²) in [5.74, 6) is 0.315. The number of fused-ring (bicyclic) bond motifs is 1. The van der Waals surface area contributed by atoms with Gasteiger partial charge in [0.25, 0.3) is 11.7 Å². The van der Waals surface area contributed by atoms with E-state index in [9.17, 15) is 13.2 Å². The van der Waals surface area contributed by atoms with Crippen LogP contribution in [0.5, 0.6) is 0 Å². The summed E-state index contributed by atoms with van der Waals surface area (Å²) in [4.78, 5) is 20.7. The van der Waals surface area contributed by atoms with Crippen molar-refractivity contribution in [2.75, 3.05) is 19.6 Å². The number of rotatable bonds is 9. The Bertz CT molecular complexity index is 1070. The van der Waals surface area contributed by atoms with Crippen molar-refractivity contribution in [2.45, 2.75) is 31.6 Å². The molecule has 3 aromatic rings. The zero-order chi connectivity index (χ0) is 20.9. The summed E-state index contributed by atoms with van der Waals surface area (Å²) in [6.07, 6.45) is 6.55. The third-order valence-electron chi connectivity index (χ3n) is 4.58. The highest BCUT2D eigenvalue weighted by Gasteiger charge is 2.21. The maximum Gasteiger partial charge on any atom is 0.252 e. The predicted molar refractivity (Wildman–Crippen MR) is 108 cm³/mol. The monoisotopic (exact) mass is 416 g/mol.